The highest BCUT2D eigenvalue weighted by atomic mass is 79.9. The van der Waals surface area contributed by atoms with E-state index in [2.05, 4.69) is 15.9 Å². The first-order chi connectivity index (χ1) is 6.66. The first-order valence-corrected chi connectivity index (χ1v) is 5.59. The SMILES string of the molecule is Cc1c(Br)ccc(CCCCN)c1F. The molecule has 0 spiro atoms. The van der Waals surface area contributed by atoms with Crippen molar-refractivity contribution in [2.75, 3.05) is 6.54 Å². The van der Waals surface area contributed by atoms with Gasteiger partial charge in [0.25, 0.3) is 0 Å². The van der Waals surface area contributed by atoms with E-state index in [1.807, 2.05) is 12.1 Å². The molecule has 0 aliphatic carbocycles. The summed E-state index contributed by atoms with van der Waals surface area (Å²) in [7, 11) is 0. The number of aryl methyl sites for hydroxylation is 1. The number of unbranched alkanes of at least 4 members (excludes halogenated alkanes) is 1. The van der Waals surface area contributed by atoms with Crippen LogP contribution in [0.2, 0.25) is 0 Å². The molecule has 0 amide bonds. The lowest BCUT2D eigenvalue weighted by Gasteiger charge is -2.06. The van der Waals surface area contributed by atoms with Gasteiger partial charge in [0.05, 0.1) is 0 Å². The third-order valence-corrected chi connectivity index (χ3v) is 3.16. The Morgan fingerprint density at radius 3 is 2.71 bits per heavy atom. The Morgan fingerprint density at radius 2 is 2.07 bits per heavy atom. The van der Waals surface area contributed by atoms with Crippen LogP contribution < -0.4 is 5.73 Å². The smallest absolute Gasteiger partial charge is 0.130 e. The Morgan fingerprint density at radius 1 is 1.36 bits per heavy atom. The quantitative estimate of drug-likeness (QED) is 0.827. The van der Waals surface area contributed by atoms with Crippen LogP contribution in [0.3, 0.4) is 0 Å². The van der Waals surface area contributed by atoms with Crippen molar-refractivity contribution in [1.29, 1.82) is 0 Å². The molecular formula is C11H15BrFN. The predicted molar refractivity (Wildman–Crippen MR) is 60.8 cm³/mol. The molecule has 0 heterocycles. The molecule has 0 saturated carbocycles. The van der Waals surface area contributed by atoms with Gasteiger partial charge in [0, 0.05) is 4.47 Å². The standard InChI is InChI=1S/C11H15BrFN/c1-8-10(12)6-5-9(11(8)13)4-2-3-7-14/h5-6H,2-4,7,14H2,1H3. The zero-order valence-corrected chi connectivity index (χ0v) is 9.90. The van der Waals surface area contributed by atoms with Gasteiger partial charge < -0.3 is 5.73 Å². The van der Waals surface area contributed by atoms with E-state index >= 15 is 0 Å². The van der Waals surface area contributed by atoms with Crippen molar-refractivity contribution in [2.24, 2.45) is 5.73 Å². The molecule has 1 aromatic carbocycles. The van der Waals surface area contributed by atoms with Gasteiger partial charge >= 0.3 is 0 Å². The van der Waals surface area contributed by atoms with Crippen LogP contribution in [-0.4, -0.2) is 6.54 Å². The summed E-state index contributed by atoms with van der Waals surface area (Å²) in [4.78, 5) is 0. The van der Waals surface area contributed by atoms with Gasteiger partial charge in [0.2, 0.25) is 0 Å². The van der Waals surface area contributed by atoms with Crippen LogP contribution in [0, 0.1) is 12.7 Å². The lowest BCUT2D eigenvalue weighted by Crippen LogP contribution is -2.00. The van der Waals surface area contributed by atoms with Gasteiger partial charge in [-0.25, -0.2) is 4.39 Å². The van der Waals surface area contributed by atoms with Crippen LogP contribution in [0.4, 0.5) is 4.39 Å². The van der Waals surface area contributed by atoms with Crippen LogP contribution >= 0.6 is 15.9 Å². The molecule has 0 aliphatic rings. The number of halogens is 2. The normalized spacial score (nSPS) is 10.6. The molecule has 1 aromatic rings. The topological polar surface area (TPSA) is 26.0 Å². The number of benzene rings is 1. The summed E-state index contributed by atoms with van der Waals surface area (Å²) in [5, 5.41) is 0. The second-order valence-corrected chi connectivity index (χ2v) is 4.25. The summed E-state index contributed by atoms with van der Waals surface area (Å²) >= 11 is 3.30. The van der Waals surface area contributed by atoms with E-state index in [1.54, 1.807) is 6.92 Å². The minimum Gasteiger partial charge on any atom is -0.330 e. The third kappa shape index (κ3) is 2.79. The van der Waals surface area contributed by atoms with Crippen molar-refractivity contribution in [2.45, 2.75) is 26.2 Å². The maximum Gasteiger partial charge on any atom is 0.130 e. The van der Waals surface area contributed by atoms with E-state index < -0.39 is 0 Å². The molecule has 1 nitrogen and oxygen atoms in total. The van der Waals surface area contributed by atoms with E-state index in [4.69, 9.17) is 5.73 Å². The highest BCUT2D eigenvalue weighted by Crippen LogP contribution is 2.22. The summed E-state index contributed by atoms with van der Waals surface area (Å²) in [5.74, 6) is -0.0867. The highest BCUT2D eigenvalue weighted by molar-refractivity contribution is 9.10. The number of hydrogen-bond acceptors (Lipinski definition) is 1. The second kappa shape index (κ2) is 5.47. The van der Waals surface area contributed by atoms with E-state index in [9.17, 15) is 4.39 Å². The Bertz CT molecular complexity index is 312. The van der Waals surface area contributed by atoms with Gasteiger partial charge in [-0.15, -0.1) is 0 Å². The fraction of sp³-hybridized carbons (Fsp3) is 0.455. The summed E-state index contributed by atoms with van der Waals surface area (Å²) < 4.78 is 14.5. The summed E-state index contributed by atoms with van der Waals surface area (Å²) in [5.41, 5.74) is 6.86. The Kier molecular flexibility index (Phi) is 4.55. The van der Waals surface area contributed by atoms with Gasteiger partial charge in [-0.05, 0) is 49.9 Å². The first-order valence-electron chi connectivity index (χ1n) is 4.80. The molecule has 1 rings (SSSR count). The van der Waals surface area contributed by atoms with Gasteiger partial charge in [0.15, 0.2) is 0 Å². The molecular weight excluding hydrogens is 245 g/mol. The Labute approximate surface area is 92.6 Å². The van der Waals surface area contributed by atoms with Crippen LogP contribution in [0.5, 0.6) is 0 Å². The predicted octanol–water partition coefficient (Wildman–Crippen LogP) is 3.18. The molecule has 2 N–H and O–H groups in total. The minimum absolute atomic E-state index is 0.0867. The maximum atomic E-state index is 13.6. The third-order valence-electron chi connectivity index (χ3n) is 2.30. The zero-order chi connectivity index (χ0) is 10.6. The monoisotopic (exact) mass is 259 g/mol. The van der Waals surface area contributed by atoms with Gasteiger partial charge in [0.1, 0.15) is 5.82 Å². The van der Waals surface area contributed by atoms with Crippen molar-refractivity contribution in [3.63, 3.8) is 0 Å². The zero-order valence-electron chi connectivity index (χ0n) is 8.32. The van der Waals surface area contributed by atoms with Crippen molar-refractivity contribution in [3.05, 3.63) is 33.5 Å². The lowest BCUT2D eigenvalue weighted by atomic mass is 10.0. The molecule has 0 fully saturated rings. The van der Waals surface area contributed by atoms with Crippen molar-refractivity contribution in [1.82, 2.24) is 0 Å². The van der Waals surface area contributed by atoms with Crippen molar-refractivity contribution in [3.8, 4) is 0 Å². The molecule has 0 atom stereocenters. The van der Waals surface area contributed by atoms with Crippen molar-refractivity contribution < 1.29 is 4.39 Å². The van der Waals surface area contributed by atoms with Gasteiger partial charge in [-0.1, -0.05) is 22.0 Å². The molecule has 14 heavy (non-hydrogen) atoms. The fourth-order valence-electron chi connectivity index (χ4n) is 1.37. The second-order valence-electron chi connectivity index (χ2n) is 3.39. The molecule has 0 bridgehead atoms. The number of nitrogens with two attached hydrogens (primary N) is 1. The molecule has 78 valence electrons. The fourth-order valence-corrected chi connectivity index (χ4v) is 1.68. The van der Waals surface area contributed by atoms with E-state index in [0.29, 0.717) is 12.1 Å². The molecule has 0 unspecified atom stereocenters. The van der Waals surface area contributed by atoms with Crippen LogP contribution in [-0.2, 0) is 6.42 Å². The maximum absolute atomic E-state index is 13.6. The molecule has 0 radical (unpaired) electrons. The molecule has 0 aromatic heterocycles. The summed E-state index contributed by atoms with van der Waals surface area (Å²) in [6, 6.07) is 3.74. The molecule has 3 heteroatoms. The summed E-state index contributed by atoms with van der Waals surface area (Å²) in [6.07, 6.45) is 2.68. The van der Waals surface area contributed by atoms with Gasteiger partial charge in [-0.3, -0.25) is 0 Å². The molecule has 0 aliphatic heterocycles. The number of rotatable bonds is 4. The molecule has 0 saturated heterocycles. The first kappa shape index (κ1) is 11.7. The minimum atomic E-state index is -0.0867. The summed E-state index contributed by atoms with van der Waals surface area (Å²) in [6.45, 7) is 2.46. The Hall–Kier alpha value is -0.410. The van der Waals surface area contributed by atoms with Crippen LogP contribution in [0.25, 0.3) is 0 Å². The van der Waals surface area contributed by atoms with E-state index in [1.165, 1.54) is 0 Å². The van der Waals surface area contributed by atoms with Crippen LogP contribution in [0.1, 0.15) is 24.0 Å². The van der Waals surface area contributed by atoms with Crippen LogP contribution in [0.15, 0.2) is 16.6 Å². The number of hydrogen-bond donors (Lipinski definition) is 1. The lowest BCUT2D eigenvalue weighted by molar-refractivity contribution is 0.591. The van der Waals surface area contributed by atoms with E-state index in [0.717, 1.165) is 29.3 Å². The average molecular weight is 260 g/mol. The van der Waals surface area contributed by atoms with Gasteiger partial charge in [-0.2, -0.15) is 0 Å². The van der Waals surface area contributed by atoms with Crippen molar-refractivity contribution >= 4 is 15.9 Å². The largest absolute Gasteiger partial charge is 0.330 e. The highest BCUT2D eigenvalue weighted by Gasteiger charge is 2.07. The Balaban J connectivity index is 2.73. The van der Waals surface area contributed by atoms with E-state index in [-0.39, 0.29) is 5.82 Å². The average Bonchev–Trinajstić information content (AvgIpc) is 2.18.